The average Bonchev–Trinajstić information content (AvgIpc) is 2.71. The van der Waals surface area contributed by atoms with E-state index in [0.717, 1.165) is 25.7 Å². The molecule has 3 rings (SSSR count). The number of imide groups is 1. The van der Waals surface area contributed by atoms with E-state index in [1.807, 2.05) is 0 Å². The third-order valence-corrected chi connectivity index (χ3v) is 4.88. The topological polar surface area (TPSA) is 70.0 Å². The molecular weight excluding hydrogens is 244 g/mol. The highest BCUT2D eigenvalue weighted by Gasteiger charge is 2.51. The fraction of sp³-hybridized carbons (Fsp3) is 0.786. The normalized spacial score (nSPS) is 34.9. The second kappa shape index (κ2) is 4.94. The lowest BCUT2D eigenvalue weighted by Gasteiger charge is -2.29. The van der Waals surface area contributed by atoms with Gasteiger partial charge in [-0.3, -0.25) is 14.5 Å². The molecule has 2 atom stereocenters. The van der Waals surface area contributed by atoms with Crippen LogP contribution in [0.4, 0.5) is 0 Å². The lowest BCUT2D eigenvalue weighted by molar-refractivity contribution is -0.143. The molecule has 0 unspecified atom stereocenters. The molecule has 1 heterocycles. The molecule has 0 bridgehead atoms. The maximum absolute atomic E-state index is 12.5. The number of fused-ring (bicyclic) bond motifs is 1. The first-order valence-electron chi connectivity index (χ1n) is 7.29. The molecule has 0 aromatic rings. The van der Waals surface area contributed by atoms with E-state index in [2.05, 4.69) is 5.16 Å². The standard InChI is InChI=1S/C14H20N2O3/c17-13-11-7-6-9(15-19)8-12(11)14(18)16(13)10-4-2-1-3-5-10/h10-12,19H,1-8H2/b15-9+/t11-,12-/m0/s1. The molecule has 2 saturated carbocycles. The summed E-state index contributed by atoms with van der Waals surface area (Å²) in [5, 5.41) is 12.1. The number of likely N-dealkylation sites (tertiary alicyclic amines) is 1. The van der Waals surface area contributed by atoms with Crippen molar-refractivity contribution in [2.24, 2.45) is 17.0 Å². The Labute approximate surface area is 112 Å². The second-order valence-corrected chi connectivity index (χ2v) is 5.96. The minimum Gasteiger partial charge on any atom is -0.411 e. The van der Waals surface area contributed by atoms with E-state index in [1.165, 1.54) is 6.42 Å². The molecule has 2 amide bonds. The Morgan fingerprint density at radius 3 is 2.37 bits per heavy atom. The smallest absolute Gasteiger partial charge is 0.233 e. The van der Waals surface area contributed by atoms with Crippen LogP contribution in [-0.4, -0.2) is 33.7 Å². The molecule has 5 nitrogen and oxygen atoms in total. The summed E-state index contributed by atoms with van der Waals surface area (Å²) in [6, 6.07) is 0.119. The Morgan fingerprint density at radius 1 is 1.00 bits per heavy atom. The van der Waals surface area contributed by atoms with Gasteiger partial charge in [-0.15, -0.1) is 0 Å². The zero-order chi connectivity index (χ0) is 13.4. The molecule has 1 aliphatic heterocycles. The highest BCUT2D eigenvalue weighted by Crippen LogP contribution is 2.40. The number of amides is 2. The first kappa shape index (κ1) is 12.6. The predicted molar refractivity (Wildman–Crippen MR) is 68.8 cm³/mol. The number of oxime groups is 1. The minimum absolute atomic E-state index is 0.0252. The molecule has 1 N–H and O–H groups in total. The number of nitrogens with zero attached hydrogens (tertiary/aromatic N) is 2. The molecular formula is C14H20N2O3. The fourth-order valence-electron chi connectivity index (χ4n) is 3.83. The van der Waals surface area contributed by atoms with Crippen LogP contribution in [0.15, 0.2) is 5.16 Å². The first-order valence-corrected chi connectivity index (χ1v) is 7.29. The minimum atomic E-state index is -0.269. The van der Waals surface area contributed by atoms with Crippen LogP contribution < -0.4 is 0 Å². The van der Waals surface area contributed by atoms with E-state index >= 15 is 0 Å². The van der Waals surface area contributed by atoms with Gasteiger partial charge in [0.25, 0.3) is 0 Å². The molecule has 1 saturated heterocycles. The Morgan fingerprint density at radius 2 is 1.68 bits per heavy atom. The molecule has 2 aliphatic carbocycles. The van der Waals surface area contributed by atoms with Gasteiger partial charge in [-0.1, -0.05) is 24.4 Å². The quantitative estimate of drug-likeness (QED) is 0.447. The molecule has 3 aliphatic rings. The maximum atomic E-state index is 12.5. The van der Waals surface area contributed by atoms with Crippen LogP contribution in [0.25, 0.3) is 0 Å². The van der Waals surface area contributed by atoms with Gasteiger partial charge >= 0.3 is 0 Å². The van der Waals surface area contributed by atoms with Gasteiger partial charge in [-0.25, -0.2) is 0 Å². The van der Waals surface area contributed by atoms with E-state index in [0.29, 0.717) is 25.0 Å². The zero-order valence-electron chi connectivity index (χ0n) is 11.0. The monoisotopic (exact) mass is 264 g/mol. The summed E-state index contributed by atoms with van der Waals surface area (Å²) >= 11 is 0. The lowest BCUT2D eigenvalue weighted by Crippen LogP contribution is -2.41. The van der Waals surface area contributed by atoms with Crippen LogP contribution in [-0.2, 0) is 9.59 Å². The molecule has 0 aromatic heterocycles. The Hall–Kier alpha value is -1.39. The number of rotatable bonds is 1. The zero-order valence-corrected chi connectivity index (χ0v) is 11.0. The fourth-order valence-corrected chi connectivity index (χ4v) is 3.83. The van der Waals surface area contributed by atoms with Crippen LogP contribution in [0.2, 0.25) is 0 Å². The number of carbonyl (C=O) groups excluding carboxylic acids is 2. The van der Waals surface area contributed by atoms with Crippen molar-refractivity contribution in [2.45, 2.75) is 57.4 Å². The van der Waals surface area contributed by atoms with Gasteiger partial charge in [0, 0.05) is 12.5 Å². The van der Waals surface area contributed by atoms with Gasteiger partial charge in [0.1, 0.15) is 0 Å². The summed E-state index contributed by atoms with van der Waals surface area (Å²) in [6.07, 6.45) is 7.08. The molecule has 19 heavy (non-hydrogen) atoms. The summed E-state index contributed by atoms with van der Waals surface area (Å²) in [4.78, 5) is 26.5. The van der Waals surface area contributed by atoms with Crippen LogP contribution in [0.1, 0.15) is 51.4 Å². The summed E-state index contributed by atoms with van der Waals surface area (Å²) in [5.74, 6) is -0.435. The summed E-state index contributed by atoms with van der Waals surface area (Å²) in [6.45, 7) is 0. The Bertz CT molecular complexity index is 426. The van der Waals surface area contributed by atoms with Crippen LogP contribution >= 0.6 is 0 Å². The largest absolute Gasteiger partial charge is 0.411 e. The lowest BCUT2D eigenvalue weighted by atomic mass is 9.80. The molecule has 0 aromatic carbocycles. The maximum Gasteiger partial charge on any atom is 0.233 e. The number of carbonyl (C=O) groups is 2. The Kier molecular flexibility index (Phi) is 3.29. The van der Waals surface area contributed by atoms with Crippen molar-refractivity contribution >= 4 is 17.5 Å². The molecule has 3 fully saturated rings. The van der Waals surface area contributed by atoms with Crippen LogP contribution in [0, 0.1) is 11.8 Å². The van der Waals surface area contributed by atoms with E-state index < -0.39 is 0 Å². The summed E-state index contributed by atoms with van der Waals surface area (Å²) in [5.41, 5.74) is 0.660. The number of hydrogen-bond donors (Lipinski definition) is 1. The van der Waals surface area contributed by atoms with E-state index in [4.69, 9.17) is 5.21 Å². The predicted octanol–water partition coefficient (Wildman–Crippen LogP) is 1.93. The molecule has 5 heteroatoms. The van der Waals surface area contributed by atoms with Gasteiger partial charge in [0.2, 0.25) is 11.8 Å². The molecule has 0 spiro atoms. The Balaban J connectivity index is 1.80. The van der Waals surface area contributed by atoms with Crippen molar-refractivity contribution in [1.29, 1.82) is 0 Å². The second-order valence-electron chi connectivity index (χ2n) is 5.96. The van der Waals surface area contributed by atoms with Crippen molar-refractivity contribution in [3.05, 3.63) is 0 Å². The van der Waals surface area contributed by atoms with E-state index in [-0.39, 0.29) is 29.7 Å². The van der Waals surface area contributed by atoms with Crippen molar-refractivity contribution in [3.63, 3.8) is 0 Å². The third kappa shape index (κ3) is 2.05. The van der Waals surface area contributed by atoms with Gasteiger partial charge in [-0.05, 0) is 25.7 Å². The van der Waals surface area contributed by atoms with Crippen molar-refractivity contribution in [3.8, 4) is 0 Å². The van der Waals surface area contributed by atoms with Gasteiger partial charge < -0.3 is 5.21 Å². The highest BCUT2D eigenvalue weighted by atomic mass is 16.4. The highest BCUT2D eigenvalue weighted by molar-refractivity contribution is 6.08. The molecule has 0 radical (unpaired) electrons. The first-order chi connectivity index (χ1) is 9.22. The van der Waals surface area contributed by atoms with Gasteiger partial charge in [0.05, 0.1) is 17.5 Å². The summed E-state index contributed by atoms with van der Waals surface area (Å²) < 4.78 is 0. The molecule has 104 valence electrons. The van der Waals surface area contributed by atoms with Crippen molar-refractivity contribution in [2.75, 3.05) is 0 Å². The van der Waals surface area contributed by atoms with Crippen LogP contribution in [0.5, 0.6) is 0 Å². The average molecular weight is 264 g/mol. The number of hydrogen-bond acceptors (Lipinski definition) is 4. The van der Waals surface area contributed by atoms with Crippen molar-refractivity contribution < 1.29 is 14.8 Å². The van der Waals surface area contributed by atoms with E-state index in [1.54, 1.807) is 4.90 Å². The summed E-state index contributed by atoms with van der Waals surface area (Å²) in [7, 11) is 0. The van der Waals surface area contributed by atoms with Gasteiger partial charge in [0.15, 0.2) is 0 Å². The van der Waals surface area contributed by atoms with Crippen molar-refractivity contribution in [1.82, 2.24) is 4.90 Å². The van der Waals surface area contributed by atoms with Crippen LogP contribution in [0.3, 0.4) is 0 Å². The van der Waals surface area contributed by atoms with E-state index in [9.17, 15) is 9.59 Å². The van der Waals surface area contributed by atoms with Gasteiger partial charge in [-0.2, -0.15) is 0 Å². The SMILES string of the molecule is O=C1[C@H]2CC/C(=N\O)C[C@@H]2C(=O)N1C1CCCCC1. The third-order valence-electron chi connectivity index (χ3n) is 4.88.